The van der Waals surface area contributed by atoms with Gasteiger partial charge in [-0.2, -0.15) is 0 Å². The minimum Gasteiger partial charge on any atom is -0.394 e. The van der Waals surface area contributed by atoms with Crippen LogP contribution in [0, 0.1) is 5.92 Å². The third-order valence-electron chi connectivity index (χ3n) is 4.23. The molecular formula is C18H40O2Si. The van der Waals surface area contributed by atoms with Gasteiger partial charge in [0.2, 0.25) is 0 Å². The fourth-order valence-electron chi connectivity index (χ4n) is 2.59. The summed E-state index contributed by atoms with van der Waals surface area (Å²) in [5.41, 5.74) is 0. The highest BCUT2D eigenvalue weighted by atomic mass is 28.4. The van der Waals surface area contributed by atoms with Gasteiger partial charge in [-0.05, 0) is 37.3 Å². The highest BCUT2D eigenvalue weighted by Crippen LogP contribution is 2.20. The molecule has 0 aliphatic rings. The van der Waals surface area contributed by atoms with E-state index in [2.05, 4.69) is 34.6 Å². The molecule has 0 rings (SSSR count). The predicted octanol–water partition coefficient (Wildman–Crippen LogP) is 6.30. The molecule has 0 fully saturated rings. The van der Waals surface area contributed by atoms with Crippen LogP contribution in [0.4, 0.5) is 0 Å². The standard InChI is InChI=1S/C18H40O2Si/c1-6-9-10-11-12-13-16-19-21(7-2,8-3)20-17-14-15-18(4)5/h18H,6-17H2,1-5H3. The lowest BCUT2D eigenvalue weighted by Gasteiger charge is -2.29. The quantitative estimate of drug-likeness (QED) is 0.261. The lowest BCUT2D eigenvalue weighted by Crippen LogP contribution is -2.41. The van der Waals surface area contributed by atoms with Crippen molar-refractivity contribution >= 4 is 8.56 Å². The SMILES string of the molecule is CCCCCCCCO[Si](CC)(CC)OCCCC(C)C. The average molecular weight is 317 g/mol. The van der Waals surface area contributed by atoms with Gasteiger partial charge < -0.3 is 8.85 Å². The van der Waals surface area contributed by atoms with E-state index in [1.165, 1.54) is 51.4 Å². The van der Waals surface area contributed by atoms with Crippen LogP contribution >= 0.6 is 0 Å². The van der Waals surface area contributed by atoms with Gasteiger partial charge in [0.25, 0.3) is 0 Å². The summed E-state index contributed by atoms with van der Waals surface area (Å²) in [7, 11) is -1.89. The van der Waals surface area contributed by atoms with Crippen LogP contribution in [0.1, 0.15) is 86.0 Å². The lowest BCUT2D eigenvalue weighted by molar-refractivity contribution is 0.161. The van der Waals surface area contributed by atoms with E-state index in [1.54, 1.807) is 0 Å². The summed E-state index contributed by atoms with van der Waals surface area (Å²) in [5.74, 6) is 0.775. The Morgan fingerprint density at radius 3 is 1.76 bits per heavy atom. The van der Waals surface area contributed by atoms with Crippen LogP contribution in [-0.2, 0) is 8.85 Å². The van der Waals surface area contributed by atoms with Gasteiger partial charge in [-0.1, -0.05) is 66.7 Å². The summed E-state index contributed by atoms with van der Waals surface area (Å²) < 4.78 is 12.5. The number of unbranched alkanes of at least 4 members (excludes halogenated alkanes) is 5. The van der Waals surface area contributed by atoms with Crippen molar-refractivity contribution < 1.29 is 8.85 Å². The highest BCUT2D eigenvalue weighted by molar-refractivity contribution is 6.67. The topological polar surface area (TPSA) is 18.5 Å². The Kier molecular flexibility index (Phi) is 13.9. The Balaban J connectivity index is 3.82. The first-order chi connectivity index (χ1) is 10.1. The van der Waals surface area contributed by atoms with Crippen LogP contribution in [0.3, 0.4) is 0 Å². The molecule has 128 valence electrons. The first-order valence-corrected chi connectivity index (χ1v) is 11.6. The van der Waals surface area contributed by atoms with Gasteiger partial charge in [0, 0.05) is 13.2 Å². The molecule has 0 aliphatic carbocycles. The van der Waals surface area contributed by atoms with Gasteiger partial charge in [0.15, 0.2) is 0 Å². The summed E-state index contributed by atoms with van der Waals surface area (Å²) in [5, 5.41) is 0. The van der Waals surface area contributed by atoms with Gasteiger partial charge in [0.1, 0.15) is 0 Å². The molecule has 3 heteroatoms. The van der Waals surface area contributed by atoms with Gasteiger partial charge in [-0.25, -0.2) is 0 Å². The second-order valence-electron chi connectivity index (χ2n) is 6.62. The number of rotatable bonds is 15. The molecular weight excluding hydrogens is 276 g/mol. The average Bonchev–Trinajstić information content (AvgIpc) is 2.48. The third-order valence-corrected chi connectivity index (χ3v) is 7.85. The molecule has 0 saturated carbocycles. The van der Waals surface area contributed by atoms with Crippen LogP contribution in [0.2, 0.25) is 12.1 Å². The van der Waals surface area contributed by atoms with Gasteiger partial charge in [-0.15, -0.1) is 0 Å². The molecule has 2 nitrogen and oxygen atoms in total. The van der Waals surface area contributed by atoms with Crippen molar-refractivity contribution in [3.05, 3.63) is 0 Å². The summed E-state index contributed by atoms with van der Waals surface area (Å²) in [6.45, 7) is 13.1. The normalized spacial score (nSPS) is 12.3. The first kappa shape index (κ1) is 21.1. The summed E-state index contributed by atoms with van der Waals surface area (Å²) >= 11 is 0. The zero-order valence-electron chi connectivity index (χ0n) is 15.4. The van der Waals surface area contributed by atoms with Crippen molar-refractivity contribution in [3.8, 4) is 0 Å². The minimum atomic E-state index is -1.89. The monoisotopic (exact) mass is 316 g/mol. The van der Waals surface area contributed by atoms with Gasteiger partial charge in [-0.3, -0.25) is 0 Å². The van der Waals surface area contributed by atoms with Crippen LogP contribution in [0.5, 0.6) is 0 Å². The fourth-order valence-corrected chi connectivity index (χ4v) is 5.02. The largest absolute Gasteiger partial charge is 0.394 e. The molecule has 0 atom stereocenters. The van der Waals surface area contributed by atoms with Crippen LogP contribution in [0.15, 0.2) is 0 Å². The van der Waals surface area contributed by atoms with E-state index >= 15 is 0 Å². The van der Waals surface area contributed by atoms with E-state index in [4.69, 9.17) is 8.85 Å². The van der Waals surface area contributed by atoms with Crippen molar-refractivity contribution in [1.82, 2.24) is 0 Å². The van der Waals surface area contributed by atoms with Crippen LogP contribution < -0.4 is 0 Å². The zero-order valence-corrected chi connectivity index (χ0v) is 16.4. The molecule has 0 N–H and O–H groups in total. The van der Waals surface area contributed by atoms with E-state index in [1.807, 2.05) is 0 Å². The number of hydrogen-bond donors (Lipinski definition) is 0. The second-order valence-corrected chi connectivity index (χ2v) is 10.4. The molecule has 0 heterocycles. The maximum absolute atomic E-state index is 6.26. The summed E-state index contributed by atoms with van der Waals surface area (Å²) in [6.07, 6.45) is 10.4. The van der Waals surface area contributed by atoms with E-state index in [0.29, 0.717) is 0 Å². The maximum atomic E-state index is 6.26. The molecule has 21 heavy (non-hydrogen) atoms. The third kappa shape index (κ3) is 11.4. The van der Waals surface area contributed by atoms with Crippen LogP contribution in [0.25, 0.3) is 0 Å². The molecule has 0 unspecified atom stereocenters. The smallest absolute Gasteiger partial charge is 0.337 e. The van der Waals surface area contributed by atoms with Crippen molar-refractivity contribution in [2.24, 2.45) is 5.92 Å². The lowest BCUT2D eigenvalue weighted by atomic mass is 10.1. The number of hydrogen-bond acceptors (Lipinski definition) is 2. The Hall–Kier alpha value is 0.137. The van der Waals surface area contributed by atoms with Gasteiger partial charge >= 0.3 is 8.56 Å². The Morgan fingerprint density at radius 1 is 0.714 bits per heavy atom. The Bertz CT molecular complexity index is 215. The maximum Gasteiger partial charge on any atom is 0.337 e. The highest BCUT2D eigenvalue weighted by Gasteiger charge is 2.33. The van der Waals surface area contributed by atoms with Crippen molar-refractivity contribution in [2.75, 3.05) is 13.2 Å². The van der Waals surface area contributed by atoms with Crippen molar-refractivity contribution in [1.29, 1.82) is 0 Å². The minimum absolute atomic E-state index is 0.775. The second kappa shape index (κ2) is 13.8. The summed E-state index contributed by atoms with van der Waals surface area (Å²) in [6, 6.07) is 2.17. The first-order valence-electron chi connectivity index (χ1n) is 9.38. The van der Waals surface area contributed by atoms with Crippen LogP contribution in [-0.4, -0.2) is 21.8 Å². The summed E-state index contributed by atoms with van der Waals surface area (Å²) in [4.78, 5) is 0. The van der Waals surface area contributed by atoms with E-state index < -0.39 is 8.56 Å². The van der Waals surface area contributed by atoms with Crippen molar-refractivity contribution in [3.63, 3.8) is 0 Å². The Morgan fingerprint density at radius 2 is 1.24 bits per heavy atom. The zero-order chi connectivity index (χ0) is 16.0. The van der Waals surface area contributed by atoms with Crippen molar-refractivity contribution in [2.45, 2.75) is 98.1 Å². The molecule has 0 aromatic rings. The molecule has 0 bridgehead atoms. The fraction of sp³-hybridized carbons (Fsp3) is 1.00. The molecule has 0 radical (unpaired) electrons. The Labute approximate surface area is 135 Å². The molecule has 0 aromatic heterocycles. The van der Waals surface area contributed by atoms with Gasteiger partial charge in [0.05, 0.1) is 0 Å². The molecule has 0 spiro atoms. The van der Waals surface area contributed by atoms with E-state index in [-0.39, 0.29) is 0 Å². The molecule has 0 aromatic carbocycles. The molecule has 0 aliphatic heterocycles. The molecule has 0 saturated heterocycles. The van der Waals surface area contributed by atoms with E-state index in [9.17, 15) is 0 Å². The van der Waals surface area contributed by atoms with E-state index in [0.717, 1.165) is 31.2 Å². The molecule has 0 amide bonds. The predicted molar refractivity (Wildman–Crippen MR) is 96.1 cm³/mol.